The Labute approximate surface area is 229 Å². The van der Waals surface area contributed by atoms with E-state index >= 15 is 0 Å². The summed E-state index contributed by atoms with van der Waals surface area (Å²) in [5.74, 6) is 1.75. The van der Waals surface area contributed by atoms with Gasteiger partial charge in [0.15, 0.2) is 0 Å². The van der Waals surface area contributed by atoms with E-state index in [9.17, 15) is 5.11 Å². The van der Waals surface area contributed by atoms with Gasteiger partial charge in [-0.15, -0.1) is 0 Å². The molecule has 0 aliphatic rings. The predicted octanol–water partition coefficient (Wildman–Crippen LogP) is 7.56. The average molecular weight is 515 g/mol. The second-order valence-electron chi connectivity index (χ2n) is 11.8. The van der Waals surface area contributed by atoms with Gasteiger partial charge in [0.1, 0.15) is 11.6 Å². The number of para-hydroxylation sites is 2. The first-order valence-electron chi connectivity index (χ1n) is 13.5. The molecule has 39 heavy (non-hydrogen) atoms. The maximum atomic E-state index is 9.67. The lowest BCUT2D eigenvalue weighted by atomic mass is 9.79. The van der Waals surface area contributed by atoms with Crippen molar-refractivity contribution in [1.29, 1.82) is 0 Å². The molecule has 0 atom stereocenters. The second-order valence-corrected chi connectivity index (χ2v) is 11.8. The van der Waals surface area contributed by atoms with Crippen molar-refractivity contribution in [3.8, 4) is 22.8 Å². The van der Waals surface area contributed by atoms with Crippen molar-refractivity contribution in [2.45, 2.75) is 44.9 Å². The topological polar surface area (TPSA) is 77.6 Å². The van der Waals surface area contributed by atoms with E-state index in [0.29, 0.717) is 0 Å². The molecular formula is C34H34N4O. The van der Waals surface area contributed by atoms with Gasteiger partial charge in [0.05, 0.1) is 28.7 Å². The van der Waals surface area contributed by atoms with Crippen molar-refractivity contribution < 1.29 is 5.11 Å². The molecule has 0 amide bonds. The number of hydrogen-bond acceptors (Lipinski definition) is 3. The smallest absolute Gasteiger partial charge is 0.138 e. The highest BCUT2D eigenvalue weighted by Gasteiger charge is 2.22. The molecule has 0 bridgehead atoms. The van der Waals surface area contributed by atoms with Crippen LogP contribution >= 0.6 is 0 Å². The van der Waals surface area contributed by atoms with Crippen LogP contribution in [-0.2, 0) is 17.3 Å². The lowest BCUT2D eigenvalue weighted by molar-refractivity contribution is 0.218. The van der Waals surface area contributed by atoms with Gasteiger partial charge in [-0.25, -0.2) is 9.97 Å². The van der Waals surface area contributed by atoms with E-state index in [1.54, 1.807) is 0 Å². The van der Waals surface area contributed by atoms with Crippen LogP contribution in [0.2, 0.25) is 0 Å². The summed E-state index contributed by atoms with van der Waals surface area (Å²) in [6.07, 6.45) is 0.909. The zero-order chi connectivity index (χ0) is 27.2. The van der Waals surface area contributed by atoms with Crippen LogP contribution in [0.25, 0.3) is 44.8 Å². The number of imidazole rings is 2. The summed E-state index contributed by atoms with van der Waals surface area (Å²) < 4.78 is 0. The molecule has 0 aliphatic carbocycles. The molecule has 2 heterocycles. The minimum Gasteiger partial charge on any atom is -0.395 e. The third kappa shape index (κ3) is 4.86. The van der Waals surface area contributed by atoms with E-state index in [1.807, 2.05) is 32.0 Å². The number of aliphatic hydroxyl groups is 1. The summed E-state index contributed by atoms with van der Waals surface area (Å²) >= 11 is 0. The number of H-pyrrole nitrogens is 2. The van der Waals surface area contributed by atoms with Crippen LogP contribution in [-0.4, -0.2) is 31.6 Å². The Balaban J connectivity index is 1.21. The van der Waals surface area contributed by atoms with Crippen LogP contribution in [0.1, 0.15) is 44.4 Å². The molecule has 0 radical (unpaired) electrons. The summed E-state index contributed by atoms with van der Waals surface area (Å²) in [5.41, 5.74) is 9.52. The molecule has 0 unspecified atom stereocenters. The number of benzene rings is 4. The molecule has 0 aliphatic heterocycles. The van der Waals surface area contributed by atoms with Gasteiger partial charge in [0.25, 0.3) is 0 Å². The Morgan fingerprint density at radius 1 is 0.615 bits per heavy atom. The second kappa shape index (κ2) is 9.51. The summed E-state index contributed by atoms with van der Waals surface area (Å²) in [6, 6.07) is 31.7. The Morgan fingerprint density at radius 2 is 1.15 bits per heavy atom. The Bertz CT molecular complexity index is 1720. The van der Waals surface area contributed by atoms with E-state index in [0.717, 1.165) is 56.8 Å². The molecular weight excluding hydrogens is 480 g/mol. The lowest BCUT2D eigenvalue weighted by Gasteiger charge is -2.25. The highest BCUT2D eigenvalue weighted by Crippen LogP contribution is 2.32. The fourth-order valence-corrected chi connectivity index (χ4v) is 5.26. The van der Waals surface area contributed by atoms with Gasteiger partial charge in [-0.2, -0.15) is 0 Å². The maximum absolute atomic E-state index is 9.67. The van der Waals surface area contributed by atoms with E-state index in [2.05, 4.69) is 96.6 Å². The first kappa shape index (κ1) is 25.1. The number of fused-ring (bicyclic) bond motifs is 2. The zero-order valence-corrected chi connectivity index (χ0v) is 22.9. The first-order chi connectivity index (χ1) is 18.7. The average Bonchev–Trinajstić information content (AvgIpc) is 3.57. The van der Waals surface area contributed by atoms with Crippen LogP contribution in [0.5, 0.6) is 0 Å². The number of aromatic nitrogens is 4. The van der Waals surface area contributed by atoms with Gasteiger partial charge in [-0.1, -0.05) is 94.4 Å². The van der Waals surface area contributed by atoms with Crippen molar-refractivity contribution in [3.63, 3.8) is 0 Å². The van der Waals surface area contributed by atoms with Crippen LogP contribution in [0.15, 0.2) is 91.0 Å². The molecule has 0 spiro atoms. The normalized spacial score (nSPS) is 12.4. The highest BCUT2D eigenvalue weighted by atomic mass is 16.3. The quantitative estimate of drug-likeness (QED) is 0.206. The van der Waals surface area contributed by atoms with E-state index in [-0.39, 0.29) is 17.4 Å². The Kier molecular flexibility index (Phi) is 6.12. The van der Waals surface area contributed by atoms with Gasteiger partial charge in [0.2, 0.25) is 0 Å². The van der Waals surface area contributed by atoms with Gasteiger partial charge in [0, 0.05) is 16.5 Å². The van der Waals surface area contributed by atoms with Gasteiger partial charge >= 0.3 is 0 Å². The van der Waals surface area contributed by atoms with Crippen LogP contribution in [0.3, 0.4) is 0 Å². The lowest BCUT2D eigenvalue weighted by Crippen LogP contribution is -2.21. The van der Waals surface area contributed by atoms with Crippen molar-refractivity contribution in [3.05, 3.63) is 108 Å². The van der Waals surface area contributed by atoms with Gasteiger partial charge in [-0.3, -0.25) is 0 Å². The van der Waals surface area contributed by atoms with E-state index < -0.39 is 0 Å². The van der Waals surface area contributed by atoms with Crippen molar-refractivity contribution in [1.82, 2.24) is 19.9 Å². The van der Waals surface area contributed by atoms with Gasteiger partial charge < -0.3 is 15.1 Å². The number of aromatic amines is 2. The molecule has 4 aromatic carbocycles. The standard InChI is InChI=1S/C34H34N4O/c1-33(2,25-14-10-23(11-15-25)31-35-27-7-5-6-8-28(27)36-31)20-22-9-18-29-30(19-22)38-32(37-29)24-12-16-26(17-13-24)34(3,4)21-39/h5-19,39H,20-21H2,1-4H3,(H,35,36)(H,37,38). The third-order valence-electron chi connectivity index (χ3n) is 7.86. The first-order valence-corrected chi connectivity index (χ1v) is 13.5. The highest BCUT2D eigenvalue weighted by molar-refractivity contribution is 5.80. The fraction of sp³-hybridized carbons (Fsp3) is 0.235. The SMILES string of the molecule is CC(C)(CO)c1ccc(-c2nc3ccc(CC(C)(C)c4ccc(-c5nc6ccccc6[nH]5)cc4)cc3[nH]2)cc1. The number of aliphatic hydroxyl groups excluding tert-OH is 1. The summed E-state index contributed by atoms with van der Waals surface area (Å²) in [7, 11) is 0. The minimum absolute atomic E-state index is 0.0434. The predicted molar refractivity (Wildman–Crippen MR) is 160 cm³/mol. The number of hydrogen-bond donors (Lipinski definition) is 3. The largest absolute Gasteiger partial charge is 0.395 e. The monoisotopic (exact) mass is 514 g/mol. The summed E-state index contributed by atoms with van der Waals surface area (Å²) in [6.45, 7) is 8.78. The van der Waals surface area contributed by atoms with Crippen LogP contribution < -0.4 is 0 Å². The molecule has 0 saturated carbocycles. The fourth-order valence-electron chi connectivity index (χ4n) is 5.26. The minimum atomic E-state index is -0.262. The molecule has 2 aromatic heterocycles. The summed E-state index contributed by atoms with van der Waals surface area (Å²) in [5, 5.41) is 9.67. The van der Waals surface area contributed by atoms with Crippen molar-refractivity contribution >= 4 is 22.1 Å². The number of nitrogens with one attached hydrogen (secondary N) is 2. The summed E-state index contributed by atoms with van der Waals surface area (Å²) in [4.78, 5) is 16.5. The molecule has 5 heteroatoms. The molecule has 5 nitrogen and oxygen atoms in total. The molecule has 6 rings (SSSR count). The van der Waals surface area contributed by atoms with Crippen molar-refractivity contribution in [2.24, 2.45) is 0 Å². The molecule has 0 saturated heterocycles. The maximum Gasteiger partial charge on any atom is 0.138 e. The molecule has 6 aromatic rings. The third-order valence-corrected chi connectivity index (χ3v) is 7.86. The Hall–Kier alpha value is -4.22. The number of rotatable bonds is 7. The molecule has 0 fully saturated rings. The Morgan fingerprint density at radius 3 is 1.74 bits per heavy atom. The molecule has 3 N–H and O–H groups in total. The van der Waals surface area contributed by atoms with E-state index in [1.165, 1.54) is 11.1 Å². The molecule has 196 valence electrons. The van der Waals surface area contributed by atoms with Crippen molar-refractivity contribution in [2.75, 3.05) is 6.61 Å². The van der Waals surface area contributed by atoms with E-state index in [4.69, 9.17) is 9.97 Å². The zero-order valence-electron chi connectivity index (χ0n) is 22.9. The van der Waals surface area contributed by atoms with Crippen LogP contribution in [0, 0.1) is 0 Å². The van der Waals surface area contributed by atoms with Crippen LogP contribution in [0.4, 0.5) is 0 Å². The van der Waals surface area contributed by atoms with Gasteiger partial charge in [-0.05, 0) is 52.8 Å². The number of nitrogens with zero attached hydrogens (tertiary/aromatic N) is 2.